The second-order valence-electron chi connectivity index (χ2n) is 6.29. The van der Waals surface area contributed by atoms with Crippen molar-refractivity contribution in [3.63, 3.8) is 0 Å². The Kier molecular flexibility index (Phi) is 4.93. The first kappa shape index (κ1) is 17.6. The first-order valence-corrected chi connectivity index (χ1v) is 8.97. The molecule has 1 aromatic heterocycles. The number of aromatic amines is 1. The largest absolute Gasteiger partial charge is 0.488 e. The number of imidazole rings is 1. The molecule has 1 amide bonds. The Morgan fingerprint density at radius 1 is 1.04 bits per heavy atom. The molecule has 0 fully saturated rings. The average Bonchev–Trinajstić information content (AvgIpc) is 3.16. The maximum atomic E-state index is 12.8. The third-order valence-corrected chi connectivity index (χ3v) is 4.35. The van der Waals surface area contributed by atoms with E-state index in [0.717, 1.165) is 16.6 Å². The van der Waals surface area contributed by atoms with Crippen molar-refractivity contribution in [2.24, 2.45) is 0 Å². The van der Waals surface area contributed by atoms with Gasteiger partial charge in [-0.1, -0.05) is 42.5 Å². The summed E-state index contributed by atoms with van der Waals surface area (Å²) in [5, 5.41) is 5.90. The van der Waals surface area contributed by atoms with Crippen LogP contribution in [-0.4, -0.2) is 22.9 Å². The van der Waals surface area contributed by atoms with E-state index in [9.17, 15) is 4.79 Å². The van der Waals surface area contributed by atoms with Crippen LogP contribution in [0, 0.1) is 0 Å². The zero-order chi connectivity index (χ0) is 19.3. The smallest absolute Gasteiger partial charge is 0.259 e. The lowest BCUT2D eigenvalue weighted by Gasteiger charge is -2.12. The van der Waals surface area contributed by atoms with Gasteiger partial charge in [-0.15, -0.1) is 0 Å². The Morgan fingerprint density at radius 3 is 2.64 bits per heavy atom. The van der Waals surface area contributed by atoms with Gasteiger partial charge >= 0.3 is 0 Å². The SMILES string of the molecule is CNc1nc2ccc(NC(=O)c3ccccc3OCc3ccccc3)cc2[nH]1. The van der Waals surface area contributed by atoms with Gasteiger partial charge in [0.15, 0.2) is 0 Å². The molecular weight excluding hydrogens is 352 g/mol. The molecule has 0 spiro atoms. The van der Waals surface area contributed by atoms with Crippen LogP contribution in [0.5, 0.6) is 5.75 Å². The molecule has 0 aliphatic carbocycles. The molecule has 6 heteroatoms. The number of nitrogens with zero attached hydrogens (tertiary/aromatic N) is 1. The fraction of sp³-hybridized carbons (Fsp3) is 0.0909. The zero-order valence-electron chi connectivity index (χ0n) is 15.4. The van der Waals surface area contributed by atoms with Crippen LogP contribution in [0.15, 0.2) is 72.8 Å². The molecule has 0 aliphatic rings. The van der Waals surface area contributed by atoms with Crippen molar-refractivity contribution in [1.82, 2.24) is 9.97 Å². The molecule has 0 bridgehead atoms. The van der Waals surface area contributed by atoms with Crippen LogP contribution in [0.3, 0.4) is 0 Å². The predicted molar refractivity (Wildman–Crippen MR) is 111 cm³/mol. The fourth-order valence-electron chi connectivity index (χ4n) is 2.92. The predicted octanol–water partition coefficient (Wildman–Crippen LogP) is 4.44. The summed E-state index contributed by atoms with van der Waals surface area (Å²) in [6, 6.07) is 22.6. The molecule has 4 aromatic rings. The van der Waals surface area contributed by atoms with E-state index in [1.54, 1.807) is 19.2 Å². The number of fused-ring (bicyclic) bond motifs is 1. The van der Waals surface area contributed by atoms with Gasteiger partial charge in [0, 0.05) is 12.7 Å². The number of aromatic nitrogens is 2. The minimum absolute atomic E-state index is 0.226. The van der Waals surface area contributed by atoms with E-state index in [1.807, 2.05) is 60.7 Å². The van der Waals surface area contributed by atoms with Gasteiger partial charge in [-0.05, 0) is 35.9 Å². The second kappa shape index (κ2) is 7.84. The first-order chi connectivity index (χ1) is 13.7. The third-order valence-electron chi connectivity index (χ3n) is 4.35. The number of ether oxygens (including phenoxy) is 1. The van der Waals surface area contributed by atoms with Crippen LogP contribution in [0.25, 0.3) is 11.0 Å². The number of carbonyl (C=O) groups is 1. The molecule has 0 saturated carbocycles. The van der Waals surface area contributed by atoms with Crippen LogP contribution >= 0.6 is 0 Å². The maximum Gasteiger partial charge on any atom is 0.259 e. The standard InChI is InChI=1S/C22H20N4O2/c1-23-22-25-18-12-11-16(13-19(18)26-22)24-21(27)17-9-5-6-10-20(17)28-14-15-7-3-2-4-8-15/h2-13H,14H2,1H3,(H,24,27)(H2,23,25,26). The molecule has 140 valence electrons. The molecule has 3 aromatic carbocycles. The van der Waals surface area contributed by atoms with Crippen LogP contribution < -0.4 is 15.4 Å². The number of anilines is 2. The summed E-state index contributed by atoms with van der Waals surface area (Å²) in [6.07, 6.45) is 0. The van der Waals surface area contributed by atoms with Gasteiger partial charge < -0.3 is 20.4 Å². The Morgan fingerprint density at radius 2 is 1.82 bits per heavy atom. The van der Waals surface area contributed by atoms with E-state index in [4.69, 9.17) is 4.74 Å². The lowest BCUT2D eigenvalue weighted by Crippen LogP contribution is -2.13. The second-order valence-corrected chi connectivity index (χ2v) is 6.29. The van der Waals surface area contributed by atoms with Crippen LogP contribution in [0.1, 0.15) is 15.9 Å². The molecule has 0 unspecified atom stereocenters. The maximum absolute atomic E-state index is 12.8. The number of nitrogens with one attached hydrogen (secondary N) is 3. The average molecular weight is 372 g/mol. The zero-order valence-corrected chi connectivity index (χ0v) is 15.4. The first-order valence-electron chi connectivity index (χ1n) is 8.97. The van der Waals surface area contributed by atoms with Crippen molar-refractivity contribution in [3.8, 4) is 5.75 Å². The van der Waals surface area contributed by atoms with Gasteiger partial charge in [-0.3, -0.25) is 4.79 Å². The highest BCUT2D eigenvalue weighted by Crippen LogP contribution is 2.23. The Labute approximate surface area is 162 Å². The third kappa shape index (κ3) is 3.81. The topological polar surface area (TPSA) is 79.0 Å². The highest BCUT2D eigenvalue weighted by atomic mass is 16.5. The summed E-state index contributed by atoms with van der Waals surface area (Å²) in [7, 11) is 1.80. The minimum Gasteiger partial charge on any atom is -0.488 e. The molecular formula is C22H20N4O2. The normalized spacial score (nSPS) is 10.6. The van der Waals surface area contributed by atoms with Crippen molar-refractivity contribution >= 4 is 28.6 Å². The molecule has 0 saturated heterocycles. The van der Waals surface area contributed by atoms with Gasteiger partial charge in [-0.2, -0.15) is 0 Å². The Hall–Kier alpha value is -3.80. The van der Waals surface area contributed by atoms with E-state index in [-0.39, 0.29) is 5.91 Å². The van der Waals surface area contributed by atoms with Crippen LogP contribution in [0.2, 0.25) is 0 Å². The molecule has 28 heavy (non-hydrogen) atoms. The van der Waals surface area contributed by atoms with Crippen molar-refractivity contribution < 1.29 is 9.53 Å². The lowest BCUT2D eigenvalue weighted by molar-refractivity contribution is 0.102. The van der Waals surface area contributed by atoms with Crippen LogP contribution in [-0.2, 0) is 6.61 Å². The number of hydrogen-bond donors (Lipinski definition) is 3. The fourth-order valence-corrected chi connectivity index (χ4v) is 2.92. The summed E-state index contributed by atoms with van der Waals surface area (Å²) in [6.45, 7) is 0.401. The molecule has 6 nitrogen and oxygen atoms in total. The highest BCUT2D eigenvalue weighted by Gasteiger charge is 2.13. The van der Waals surface area contributed by atoms with E-state index in [2.05, 4.69) is 20.6 Å². The lowest BCUT2D eigenvalue weighted by atomic mass is 10.1. The monoisotopic (exact) mass is 372 g/mol. The summed E-state index contributed by atoms with van der Waals surface area (Å²) >= 11 is 0. The van der Waals surface area contributed by atoms with Gasteiger partial charge in [0.25, 0.3) is 5.91 Å². The van der Waals surface area contributed by atoms with E-state index < -0.39 is 0 Å². The number of hydrogen-bond acceptors (Lipinski definition) is 4. The minimum atomic E-state index is -0.226. The molecule has 4 rings (SSSR count). The van der Waals surface area contributed by atoms with E-state index in [1.165, 1.54) is 0 Å². The van der Waals surface area contributed by atoms with Gasteiger partial charge in [-0.25, -0.2) is 4.98 Å². The van der Waals surface area contributed by atoms with Crippen molar-refractivity contribution in [2.45, 2.75) is 6.61 Å². The van der Waals surface area contributed by atoms with Crippen molar-refractivity contribution in [3.05, 3.63) is 83.9 Å². The number of amides is 1. The number of H-pyrrole nitrogens is 1. The van der Waals surface area contributed by atoms with Gasteiger partial charge in [0.1, 0.15) is 12.4 Å². The van der Waals surface area contributed by atoms with Crippen LogP contribution in [0.4, 0.5) is 11.6 Å². The summed E-state index contributed by atoms with van der Waals surface area (Å²) in [5.41, 5.74) is 3.88. The number of rotatable bonds is 6. The number of para-hydroxylation sites is 1. The summed E-state index contributed by atoms with van der Waals surface area (Å²) in [4.78, 5) is 20.3. The summed E-state index contributed by atoms with van der Waals surface area (Å²) in [5.74, 6) is 0.999. The number of benzene rings is 3. The molecule has 1 heterocycles. The quantitative estimate of drug-likeness (QED) is 0.468. The molecule has 0 aliphatic heterocycles. The highest BCUT2D eigenvalue weighted by molar-refractivity contribution is 6.06. The van der Waals surface area contributed by atoms with E-state index in [0.29, 0.717) is 29.6 Å². The number of carbonyl (C=O) groups excluding carboxylic acids is 1. The van der Waals surface area contributed by atoms with Crippen molar-refractivity contribution in [2.75, 3.05) is 17.7 Å². The van der Waals surface area contributed by atoms with E-state index >= 15 is 0 Å². The molecule has 0 atom stereocenters. The van der Waals surface area contributed by atoms with Gasteiger partial charge in [0.2, 0.25) is 5.95 Å². The summed E-state index contributed by atoms with van der Waals surface area (Å²) < 4.78 is 5.88. The Balaban J connectivity index is 1.51. The van der Waals surface area contributed by atoms with Crippen molar-refractivity contribution in [1.29, 1.82) is 0 Å². The molecule has 3 N–H and O–H groups in total. The Bertz CT molecular complexity index is 1110. The molecule has 0 radical (unpaired) electrons. The van der Waals surface area contributed by atoms with Gasteiger partial charge in [0.05, 0.1) is 16.6 Å².